The van der Waals surface area contributed by atoms with Crippen molar-refractivity contribution in [2.24, 2.45) is 5.10 Å². The Labute approximate surface area is 175 Å². The van der Waals surface area contributed by atoms with Crippen LogP contribution in [0, 0.1) is 0 Å². The predicted molar refractivity (Wildman–Crippen MR) is 118 cm³/mol. The molecule has 6 nitrogen and oxygen atoms in total. The third-order valence-corrected chi connectivity index (χ3v) is 4.75. The fourth-order valence-electron chi connectivity index (χ4n) is 2.90. The Balaban J connectivity index is 1.65. The summed E-state index contributed by atoms with van der Waals surface area (Å²) in [6.45, 7) is 4.16. The second kappa shape index (κ2) is 10.2. The zero-order valence-electron chi connectivity index (χ0n) is 17.1. The van der Waals surface area contributed by atoms with E-state index >= 15 is 0 Å². The van der Waals surface area contributed by atoms with E-state index in [2.05, 4.69) is 34.0 Å². The largest absolute Gasteiger partial charge is 0.488 e. The fraction of sp³-hybridized carbons (Fsp3) is 0.208. The van der Waals surface area contributed by atoms with Gasteiger partial charge in [0.05, 0.1) is 6.21 Å². The van der Waals surface area contributed by atoms with Gasteiger partial charge >= 0.3 is 11.8 Å². The number of hydrazone groups is 1. The van der Waals surface area contributed by atoms with Crippen molar-refractivity contribution >= 4 is 28.8 Å². The molecule has 3 aromatic rings. The maximum atomic E-state index is 11.8. The van der Waals surface area contributed by atoms with Crippen LogP contribution >= 0.6 is 0 Å². The number of benzene rings is 3. The summed E-state index contributed by atoms with van der Waals surface area (Å²) in [5.41, 5.74) is 4.02. The van der Waals surface area contributed by atoms with Crippen LogP contribution in [-0.4, -0.2) is 24.1 Å². The molecule has 0 unspecified atom stereocenters. The Morgan fingerprint density at radius 1 is 1.00 bits per heavy atom. The van der Waals surface area contributed by atoms with Gasteiger partial charge in [0.25, 0.3) is 0 Å². The lowest BCUT2D eigenvalue weighted by atomic mass is 10.1. The van der Waals surface area contributed by atoms with Crippen LogP contribution in [0.5, 0.6) is 5.75 Å². The van der Waals surface area contributed by atoms with Crippen LogP contribution in [0.15, 0.2) is 71.8 Å². The van der Waals surface area contributed by atoms with Crippen LogP contribution in [0.25, 0.3) is 10.8 Å². The fourth-order valence-corrected chi connectivity index (χ4v) is 2.90. The first-order valence-electron chi connectivity index (χ1n) is 9.91. The van der Waals surface area contributed by atoms with E-state index in [4.69, 9.17) is 4.74 Å². The molecule has 0 bridgehead atoms. The van der Waals surface area contributed by atoms with E-state index in [1.54, 1.807) is 0 Å². The standard InChI is InChI=1S/C24H25N3O3/c1-3-17(2)26-23(28)24(29)27-25-15-19-10-5-7-14-22(19)30-16-20-12-8-11-18-9-4-6-13-21(18)20/h4-15,17H,3,16H2,1-2H3,(H,26,28)(H,27,29)/b25-15-/t17-/m1/s1. The topological polar surface area (TPSA) is 79.8 Å². The van der Waals surface area contributed by atoms with Crippen molar-refractivity contribution in [2.75, 3.05) is 0 Å². The third-order valence-electron chi connectivity index (χ3n) is 4.75. The quantitative estimate of drug-likeness (QED) is 0.358. The van der Waals surface area contributed by atoms with Crippen molar-refractivity contribution in [1.29, 1.82) is 0 Å². The number of nitrogens with zero attached hydrogens (tertiary/aromatic N) is 1. The maximum absolute atomic E-state index is 11.8. The van der Waals surface area contributed by atoms with Gasteiger partial charge in [0.2, 0.25) is 0 Å². The first kappa shape index (κ1) is 21.0. The van der Waals surface area contributed by atoms with Crippen molar-refractivity contribution < 1.29 is 14.3 Å². The molecule has 30 heavy (non-hydrogen) atoms. The molecule has 6 heteroatoms. The lowest BCUT2D eigenvalue weighted by Crippen LogP contribution is -2.41. The Morgan fingerprint density at radius 2 is 1.73 bits per heavy atom. The molecule has 2 amide bonds. The molecule has 154 valence electrons. The van der Waals surface area contributed by atoms with Gasteiger partial charge in [-0.1, -0.05) is 61.5 Å². The number of rotatable bonds is 7. The molecule has 1 atom stereocenters. The zero-order chi connectivity index (χ0) is 21.3. The summed E-state index contributed by atoms with van der Waals surface area (Å²) in [5, 5.41) is 8.79. The molecular formula is C24H25N3O3. The van der Waals surface area contributed by atoms with E-state index < -0.39 is 11.8 Å². The lowest BCUT2D eigenvalue weighted by Gasteiger charge is -2.11. The summed E-state index contributed by atoms with van der Waals surface area (Å²) < 4.78 is 6.02. The maximum Gasteiger partial charge on any atom is 0.329 e. The molecule has 3 rings (SSSR count). The highest BCUT2D eigenvalue weighted by Gasteiger charge is 2.14. The van der Waals surface area contributed by atoms with Gasteiger partial charge in [-0.05, 0) is 41.8 Å². The van der Waals surface area contributed by atoms with Crippen LogP contribution in [0.3, 0.4) is 0 Å². The van der Waals surface area contributed by atoms with Crippen molar-refractivity contribution in [3.05, 3.63) is 77.9 Å². The van der Waals surface area contributed by atoms with Crippen molar-refractivity contribution in [2.45, 2.75) is 32.9 Å². The minimum atomic E-state index is -0.805. The molecule has 0 aromatic heterocycles. The average molecular weight is 403 g/mol. The van der Waals surface area contributed by atoms with Crippen molar-refractivity contribution in [1.82, 2.24) is 10.7 Å². The number of hydrogen-bond acceptors (Lipinski definition) is 4. The second-order valence-corrected chi connectivity index (χ2v) is 6.95. The molecule has 0 heterocycles. The number of fused-ring (bicyclic) bond motifs is 1. The first-order chi connectivity index (χ1) is 14.6. The van der Waals surface area contributed by atoms with Gasteiger partial charge in [-0.25, -0.2) is 5.43 Å². The Bertz CT molecular complexity index is 1060. The number of carbonyl (C=O) groups excluding carboxylic acids is 2. The highest BCUT2D eigenvalue weighted by molar-refractivity contribution is 6.35. The van der Waals surface area contributed by atoms with E-state index in [-0.39, 0.29) is 6.04 Å². The molecule has 0 aliphatic heterocycles. The van der Waals surface area contributed by atoms with Gasteiger partial charge < -0.3 is 10.1 Å². The van der Waals surface area contributed by atoms with Crippen LogP contribution in [0.1, 0.15) is 31.4 Å². The molecule has 0 saturated heterocycles. The number of nitrogens with one attached hydrogen (secondary N) is 2. The van der Waals surface area contributed by atoms with E-state index in [9.17, 15) is 9.59 Å². The smallest absolute Gasteiger partial charge is 0.329 e. The van der Waals surface area contributed by atoms with Crippen LogP contribution < -0.4 is 15.5 Å². The number of carbonyl (C=O) groups is 2. The summed E-state index contributed by atoms with van der Waals surface area (Å²) in [4.78, 5) is 23.6. The van der Waals surface area contributed by atoms with Gasteiger partial charge in [-0.3, -0.25) is 9.59 Å². The number of para-hydroxylation sites is 1. The Kier molecular flexibility index (Phi) is 7.16. The van der Waals surface area contributed by atoms with Gasteiger partial charge in [-0.2, -0.15) is 5.10 Å². The summed E-state index contributed by atoms with van der Waals surface area (Å²) in [5.74, 6) is -0.879. The van der Waals surface area contributed by atoms with E-state index in [0.29, 0.717) is 17.9 Å². The normalized spacial score (nSPS) is 11.9. The first-order valence-corrected chi connectivity index (χ1v) is 9.91. The molecule has 2 N–H and O–H groups in total. The van der Waals surface area contributed by atoms with E-state index in [0.717, 1.165) is 22.8 Å². The second-order valence-electron chi connectivity index (χ2n) is 6.95. The molecular weight excluding hydrogens is 378 g/mol. The van der Waals surface area contributed by atoms with Crippen LogP contribution in [0.2, 0.25) is 0 Å². The predicted octanol–water partition coefficient (Wildman–Crippen LogP) is 3.78. The molecule has 0 radical (unpaired) electrons. The zero-order valence-corrected chi connectivity index (χ0v) is 17.1. The van der Waals surface area contributed by atoms with E-state index in [1.165, 1.54) is 6.21 Å². The SMILES string of the molecule is CC[C@@H](C)NC(=O)C(=O)N/N=C\c1ccccc1OCc1cccc2ccccc12. The molecule has 0 fully saturated rings. The van der Waals surface area contributed by atoms with Gasteiger partial charge in [0.1, 0.15) is 12.4 Å². The molecule has 3 aromatic carbocycles. The van der Waals surface area contributed by atoms with Gasteiger partial charge in [0.15, 0.2) is 0 Å². The lowest BCUT2D eigenvalue weighted by molar-refractivity contribution is -0.139. The van der Waals surface area contributed by atoms with E-state index in [1.807, 2.05) is 62.4 Å². The van der Waals surface area contributed by atoms with Crippen molar-refractivity contribution in [3.8, 4) is 5.75 Å². The van der Waals surface area contributed by atoms with Crippen LogP contribution in [0.4, 0.5) is 0 Å². The summed E-state index contributed by atoms with van der Waals surface area (Å²) in [7, 11) is 0. The summed E-state index contributed by atoms with van der Waals surface area (Å²) >= 11 is 0. The molecule has 0 aliphatic rings. The monoisotopic (exact) mass is 403 g/mol. The molecule has 0 saturated carbocycles. The highest BCUT2D eigenvalue weighted by Crippen LogP contribution is 2.22. The number of hydrogen-bond donors (Lipinski definition) is 2. The van der Waals surface area contributed by atoms with Gasteiger partial charge in [-0.15, -0.1) is 0 Å². The highest BCUT2D eigenvalue weighted by atomic mass is 16.5. The van der Waals surface area contributed by atoms with Crippen LogP contribution in [-0.2, 0) is 16.2 Å². The number of ether oxygens (including phenoxy) is 1. The van der Waals surface area contributed by atoms with Gasteiger partial charge in [0, 0.05) is 11.6 Å². The molecule has 0 spiro atoms. The van der Waals surface area contributed by atoms with Crippen molar-refractivity contribution in [3.63, 3.8) is 0 Å². The number of amides is 2. The average Bonchev–Trinajstić information content (AvgIpc) is 2.78. The Morgan fingerprint density at radius 3 is 2.57 bits per heavy atom. The summed E-state index contributed by atoms with van der Waals surface area (Å²) in [6, 6.07) is 21.6. The minimum absolute atomic E-state index is 0.0737. The Hall–Kier alpha value is -3.67. The third kappa shape index (κ3) is 5.44. The summed E-state index contributed by atoms with van der Waals surface area (Å²) in [6.07, 6.45) is 2.20. The molecule has 0 aliphatic carbocycles. The minimum Gasteiger partial charge on any atom is -0.488 e.